The van der Waals surface area contributed by atoms with Crippen LogP contribution in [-0.2, 0) is 5.75 Å². The van der Waals surface area contributed by atoms with Gasteiger partial charge in [-0.1, -0.05) is 6.92 Å². The Labute approximate surface area is 85.9 Å². The number of aliphatic hydroxyl groups excluding tert-OH is 1. The highest BCUT2D eigenvalue weighted by molar-refractivity contribution is 7.99. The Morgan fingerprint density at radius 1 is 1.71 bits per heavy atom. The van der Waals surface area contributed by atoms with Gasteiger partial charge in [0.25, 0.3) is 0 Å². The number of carboxylic acid groups (broad SMARTS) is 1. The van der Waals surface area contributed by atoms with Gasteiger partial charge in [-0.15, -0.1) is 0 Å². The largest absolute Gasteiger partial charge is 0.475 e. The van der Waals surface area contributed by atoms with Crippen molar-refractivity contribution in [3.8, 4) is 0 Å². The summed E-state index contributed by atoms with van der Waals surface area (Å²) in [4.78, 5) is 10.6. The fraction of sp³-hybridized carbons (Fsp3) is 0.444. The highest BCUT2D eigenvalue weighted by Crippen LogP contribution is 2.21. The Balaban J connectivity index is 2.58. The van der Waals surface area contributed by atoms with Gasteiger partial charge in [0.05, 0.1) is 12.9 Å². The van der Waals surface area contributed by atoms with Gasteiger partial charge in [0.1, 0.15) is 0 Å². The molecule has 2 N–H and O–H groups in total. The average Bonchev–Trinajstić information content (AvgIpc) is 2.62. The summed E-state index contributed by atoms with van der Waals surface area (Å²) in [6.07, 6.45) is 1.36. The van der Waals surface area contributed by atoms with Gasteiger partial charge in [0.15, 0.2) is 0 Å². The third-order valence-electron chi connectivity index (χ3n) is 1.72. The number of carbonyl (C=O) groups is 1. The van der Waals surface area contributed by atoms with E-state index >= 15 is 0 Å². The molecule has 0 aliphatic rings. The first kappa shape index (κ1) is 11.1. The quantitative estimate of drug-likeness (QED) is 0.782. The summed E-state index contributed by atoms with van der Waals surface area (Å²) < 4.78 is 4.82. The standard InChI is InChI=1S/C9H12O4S/c1-6(4-10)14-5-7-2-3-13-8(7)9(11)12/h2-3,6,10H,4-5H2,1H3,(H,11,12). The van der Waals surface area contributed by atoms with Gasteiger partial charge in [-0.3, -0.25) is 0 Å². The van der Waals surface area contributed by atoms with Crippen LogP contribution in [0.2, 0.25) is 0 Å². The van der Waals surface area contributed by atoms with E-state index in [1.54, 1.807) is 6.07 Å². The van der Waals surface area contributed by atoms with Crippen LogP contribution >= 0.6 is 11.8 Å². The Hall–Kier alpha value is -0.940. The molecule has 5 heteroatoms. The average molecular weight is 216 g/mol. The van der Waals surface area contributed by atoms with Gasteiger partial charge in [-0.2, -0.15) is 11.8 Å². The van der Waals surface area contributed by atoms with E-state index in [2.05, 4.69) is 0 Å². The molecule has 1 rings (SSSR count). The highest BCUT2D eigenvalue weighted by Gasteiger charge is 2.14. The minimum Gasteiger partial charge on any atom is -0.475 e. The zero-order valence-corrected chi connectivity index (χ0v) is 8.58. The summed E-state index contributed by atoms with van der Waals surface area (Å²) in [7, 11) is 0. The van der Waals surface area contributed by atoms with E-state index in [-0.39, 0.29) is 17.6 Å². The Morgan fingerprint density at radius 3 is 3.00 bits per heavy atom. The van der Waals surface area contributed by atoms with Crippen molar-refractivity contribution in [3.05, 3.63) is 23.7 Å². The molecule has 0 radical (unpaired) electrons. The molecule has 4 nitrogen and oxygen atoms in total. The molecular weight excluding hydrogens is 204 g/mol. The van der Waals surface area contributed by atoms with Crippen molar-refractivity contribution in [2.75, 3.05) is 6.61 Å². The van der Waals surface area contributed by atoms with E-state index in [1.807, 2.05) is 6.92 Å². The molecule has 0 aromatic carbocycles. The molecule has 0 bridgehead atoms. The third kappa shape index (κ3) is 2.78. The van der Waals surface area contributed by atoms with E-state index in [0.717, 1.165) is 0 Å². The van der Waals surface area contributed by atoms with Crippen molar-refractivity contribution in [3.63, 3.8) is 0 Å². The van der Waals surface area contributed by atoms with Crippen LogP contribution in [0.5, 0.6) is 0 Å². The van der Waals surface area contributed by atoms with Gasteiger partial charge in [0.2, 0.25) is 5.76 Å². The zero-order chi connectivity index (χ0) is 10.6. The van der Waals surface area contributed by atoms with Gasteiger partial charge in [0, 0.05) is 16.6 Å². The first-order valence-electron chi connectivity index (χ1n) is 4.17. The van der Waals surface area contributed by atoms with E-state index < -0.39 is 5.97 Å². The number of rotatable bonds is 5. The molecule has 1 heterocycles. The molecule has 0 fully saturated rings. The van der Waals surface area contributed by atoms with Crippen molar-refractivity contribution >= 4 is 17.7 Å². The molecule has 0 aliphatic carbocycles. The molecule has 0 saturated carbocycles. The Morgan fingerprint density at radius 2 is 2.43 bits per heavy atom. The van der Waals surface area contributed by atoms with Crippen LogP contribution in [0.1, 0.15) is 23.0 Å². The molecule has 0 saturated heterocycles. The summed E-state index contributed by atoms with van der Waals surface area (Å²) >= 11 is 1.49. The number of hydrogen-bond acceptors (Lipinski definition) is 4. The zero-order valence-electron chi connectivity index (χ0n) is 7.77. The van der Waals surface area contributed by atoms with Gasteiger partial charge >= 0.3 is 5.97 Å². The summed E-state index contributed by atoms with van der Waals surface area (Å²) in [6.45, 7) is 1.97. The van der Waals surface area contributed by atoms with Crippen LogP contribution in [-0.4, -0.2) is 28.0 Å². The van der Waals surface area contributed by atoms with Crippen molar-refractivity contribution < 1.29 is 19.4 Å². The number of aliphatic hydroxyl groups is 1. The topological polar surface area (TPSA) is 70.7 Å². The lowest BCUT2D eigenvalue weighted by atomic mass is 10.3. The van der Waals surface area contributed by atoms with Crippen LogP contribution in [0, 0.1) is 0 Å². The lowest BCUT2D eigenvalue weighted by Gasteiger charge is -2.05. The lowest BCUT2D eigenvalue weighted by molar-refractivity contribution is 0.0661. The van der Waals surface area contributed by atoms with Crippen LogP contribution in [0.3, 0.4) is 0 Å². The van der Waals surface area contributed by atoms with Crippen molar-refractivity contribution in [1.29, 1.82) is 0 Å². The van der Waals surface area contributed by atoms with E-state index in [9.17, 15) is 4.79 Å². The molecule has 1 atom stereocenters. The first-order chi connectivity index (χ1) is 6.65. The monoisotopic (exact) mass is 216 g/mol. The predicted octanol–water partition coefficient (Wildman–Crippen LogP) is 1.59. The van der Waals surface area contributed by atoms with Crippen LogP contribution in [0.4, 0.5) is 0 Å². The summed E-state index contributed by atoms with van der Waals surface area (Å²) in [5.74, 6) is -0.523. The van der Waals surface area contributed by atoms with E-state index in [4.69, 9.17) is 14.6 Å². The van der Waals surface area contributed by atoms with Gasteiger partial charge < -0.3 is 14.6 Å². The van der Waals surface area contributed by atoms with Crippen molar-refractivity contribution in [1.82, 2.24) is 0 Å². The Bertz CT molecular complexity index is 308. The van der Waals surface area contributed by atoms with Crippen molar-refractivity contribution in [2.45, 2.75) is 17.9 Å². The fourth-order valence-electron chi connectivity index (χ4n) is 0.922. The molecule has 0 spiro atoms. The molecule has 14 heavy (non-hydrogen) atoms. The molecule has 78 valence electrons. The molecule has 0 aliphatic heterocycles. The second-order valence-corrected chi connectivity index (χ2v) is 4.31. The predicted molar refractivity (Wildman–Crippen MR) is 53.5 cm³/mol. The molecule has 0 amide bonds. The minimum atomic E-state index is -1.05. The van der Waals surface area contributed by atoms with Crippen LogP contribution in [0.25, 0.3) is 0 Å². The van der Waals surface area contributed by atoms with Crippen molar-refractivity contribution in [2.24, 2.45) is 0 Å². The second-order valence-electron chi connectivity index (χ2n) is 2.88. The molecule has 1 unspecified atom stereocenters. The summed E-state index contributed by atoms with van der Waals surface area (Å²) in [6, 6.07) is 1.64. The van der Waals surface area contributed by atoms with Gasteiger partial charge in [-0.25, -0.2) is 4.79 Å². The maximum Gasteiger partial charge on any atom is 0.372 e. The Kier molecular flexibility index (Phi) is 4.03. The van der Waals surface area contributed by atoms with Crippen LogP contribution in [0.15, 0.2) is 16.7 Å². The SMILES string of the molecule is CC(CO)SCc1ccoc1C(=O)O. The number of carboxylic acids is 1. The van der Waals surface area contributed by atoms with Gasteiger partial charge in [-0.05, 0) is 6.07 Å². The summed E-state index contributed by atoms with van der Waals surface area (Å²) in [5.41, 5.74) is 0.655. The third-order valence-corrected chi connectivity index (χ3v) is 2.92. The number of hydrogen-bond donors (Lipinski definition) is 2. The highest BCUT2D eigenvalue weighted by atomic mass is 32.2. The number of furan rings is 1. The minimum absolute atomic E-state index is 0.0114. The fourth-order valence-corrected chi connectivity index (χ4v) is 1.72. The lowest BCUT2D eigenvalue weighted by Crippen LogP contribution is -2.04. The van der Waals surface area contributed by atoms with E-state index in [0.29, 0.717) is 11.3 Å². The smallest absolute Gasteiger partial charge is 0.372 e. The van der Waals surface area contributed by atoms with E-state index in [1.165, 1.54) is 18.0 Å². The molecular formula is C9H12O4S. The normalized spacial score (nSPS) is 12.7. The number of thioether (sulfide) groups is 1. The molecule has 1 aromatic heterocycles. The van der Waals surface area contributed by atoms with Crippen LogP contribution < -0.4 is 0 Å². The summed E-state index contributed by atoms with van der Waals surface area (Å²) in [5, 5.41) is 17.6. The maximum atomic E-state index is 10.6. The molecule has 1 aromatic rings. The number of aromatic carboxylic acids is 1. The maximum absolute atomic E-state index is 10.6. The second kappa shape index (κ2) is 5.07. The first-order valence-corrected chi connectivity index (χ1v) is 5.22.